The third-order valence-electron chi connectivity index (χ3n) is 5.09. The third-order valence-corrected chi connectivity index (χ3v) is 5.32. The number of nitrogens with one attached hydrogen (secondary N) is 2. The van der Waals surface area contributed by atoms with Crippen LogP contribution < -0.4 is 10.6 Å². The molecular weight excluding hydrogens is 387 g/mol. The van der Waals surface area contributed by atoms with Crippen LogP contribution in [0.25, 0.3) is 0 Å². The van der Waals surface area contributed by atoms with Crippen LogP contribution in [0, 0.1) is 5.82 Å². The van der Waals surface area contributed by atoms with Crippen LogP contribution in [0.15, 0.2) is 18.2 Å². The van der Waals surface area contributed by atoms with Gasteiger partial charge >= 0.3 is 12.1 Å². The molecule has 0 aromatic heterocycles. The van der Waals surface area contributed by atoms with Crippen molar-refractivity contribution in [2.24, 2.45) is 0 Å². The van der Waals surface area contributed by atoms with E-state index in [0.29, 0.717) is 23.7 Å². The minimum absolute atomic E-state index is 0.0730. The highest BCUT2D eigenvalue weighted by molar-refractivity contribution is 6.30. The Bertz CT molecular complexity index is 716. The van der Waals surface area contributed by atoms with Crippen molar-refractivity contribution in [3.8, 4) is 0 Å². The smallest absolute Gasteiger partial charge is 0.318 e. The summed E-state index contributed by atoms with van der Waals surface area (Å²) >= 11 is 5.77. The molecule has 1 saturated carbocycles. The van der Waals surface area contributed by atoms with Crippen LogP contribution in [0.1, 0.15) is 31.2 Å². The van der Waals surface area contributed by atoms with Gasteiger partial charge in [-0.25, -0.2) is 14.0 Å². The third kappa shape index (κ3) is 5.26. The maximum Gasteiger partial charge on any atom is 0.318 e. The first-order chi connectivity index (χ1) is 13.5. The number of carbonyl (C=O) groups excluding carboxylic acids is 2. The van der Waals surface area contributed by atoms with Gasteiger partial charge in [-0.1, -0.05) is 17.7 Å². The summed E-state index contributed by atoms with van der Waals surface area (Å²) in [6.07, 6.45) is 3.51. The Kier molecular flexibility index (Phi) is 6.96. The molecule has 0 bridgehead atoms. The lowest BCUT2D eigenvalue weighted by Crippen LogP contribution is -2.56. The number of urea groups is 2. The molecule has 3 rings (SSSR count). The van der Waals surface area contributed by atoms with E-state index in [-0.39, 0.29) is 43.8 Å². The van der Waals surface area contributed by atoms with Crippen molar-refractivity contribution < 1.29 is 19.1 Å². The number of halogens is 2. The summed E-state index contributed by atoms with van der Waals surface area (Å²) < 4.78 is 14.0. The fourth-order valence-corrected chi connectivity index (χ4v) is 3.71. The molecule has 1 saturated heterocycles. The first-order valence-corrected chi connectivity index (χ1v) is 10.0. The van der Waals surface area contributed by atoms with Crippen LogP contribution in [0.4, 0.5) is 14.0 Å². The van der Waals surface area contributed by atoms with Crippen molar-refractivity contribution in [1.29, 1.82) is 0 Å². The molecule has 1 aromatic rings. The standard InChI is InChI=1S/C19H26ClFN4O3/c20-14-4-3-13(17(21)10-14)11-23-19(28)25(15-5-6-15)16-2-1-8-24(12-16)18(27)22-7-9-26/h3-4,10,15-16,26H,1-2,5-9,11-12H2,(H,22,27)(H,23,28)/t16-/m1/s1. The lowest BCUT2D eigenvalue weighted by Gasteiger charge is -2.39. The Morgan fingerprint density at radius 1 is 1.25 bits per heavy atom. The minimum Gasteiger partial charge on any atom is -0.395 e. The van der Waals surface area contributed by atoms with E-state index >= 15 is 0 Å². The van der Waals surface area contributed by atoms with E-state index in [2.05, 4.69) is 10.6 Å². The number of aliphatic hydroxyl groups excluding tert-OH is 1. The molecule has 0 radical (unpaired) electrons. The summed E-state index contributed by atoms with van der Waals surface area (Å²) in [6, 6.07) is 4.02. The largest absolute Gasteiger partial charge is 0.395 e. The first-order valence-electron chi connectivity index (χ1n) is 9.63. The van der Waals surface area contributed by atoms with Gasteiger partial charge in [0.15, 0.2) is 0 Å². The highest BCUT2D eigenvalue weighted by Crippen LogP contribution is 2.31. The number of carbonyl (C=O) groups is 2. The van der Waals surface area contributed by atoms with Gasteiger partial charge in [0.2, 0.25) is 0 Å². The quantitative estimate of drug-likeness (QED) is 0.670. The fraction of sp³-hybridized carbons (Fsp3) is 0.579. The van der Waals surface area contributed by atoms with E-state index in [1.165, 1.54) is 6.07 Å². The molecule has 1 heterocycles. The van der Waals surface area contributed by atoms with Crippen LogP contribution >= 0.6 is 11.6 Å². The Morgan fingerprint density at radius 2 is 2.04 bits per heavy atom. The van der Waals surface area contributed by atoms with Crippen molar-refractivity contribution in [2.45, 2.75) is 44.3 Å². The van der Waals surface area contributed by atoms with E-state index in [0.717, 1.165) is 25.7 Å². The predicted molar refractivity (Wildman–Crippen MR) is 104 cm³/mol. The van der Waals surface area contributed by atoms with Crippen LogP contribution in [-0.4, -0.2) is 65.3 Å². The molecule has 154 valence electrons. The monoisotopic (exact) mass is 412 g/mol. The Labute approximate surface area is 168 Å². The maximum absolute atomic E-state index is 14.0. The van der Waals surface area contributed by atoms with Crippen molar-refractivity contribution in [2.75, 3.05) is 26.2 Å². The number of hydrogen-bond acceptors (Lipinski definition) is 3. The van der Waals surface area contributed by atoms with Crippen molar-refractivity contribution >= 4 is 23.7 Å². The molecule has 7 nitrogen and oxygen atoms in total. The number of rotatable bonds is 6. The van der Waals surface area contributed by atoms with Gasteiger partial charge in [-0.2, -0.15) is 0 Å². The summed E-state index contributed by atoms with van der Waals surface area (Å²) in [5, 5.41) is 14.6. The fourth-order valence-electron chi connectivity index (χ4n) is 3.55. The first kappa shape index (κ1) is 20.7. The predicted octanol–water partition coefficient (Wildman–Crippen LogP) is 2.32. The molecule has 0 spiro atoms. The van der Waals surface area contributed by atoms with Gasteiger partial charge in [0, 0.05) is 42.8 Å². The van der Waals surface area contributed by atoms with Gasteiger partial charge in [0.05, 0.1) is 12.6 Å². The second-order valence-electron chi connectivity index (χ2n) is 7.23. The minimum atomic E-state index is -0.449. The molecule has 3 N–H and O–H groups in total. The maximum atomic E-state index is 14.0. The molecule has 2 fully saturated rings. The Balaban J connectivity index is 1.60. The number of aliphatic hydroxyl groups is 1. The number of nitrogens with zero attached hydrogens (tertiary/aromatic N) is 2. The average Bonchev–Trinajstić information content (AvgIpc) is 3.51. The van der Waals surface area contributed by atoms with E-state index < -0.39 is 5.82 Å². The lowest BCUT2D eigenvalue weighted by molar-refractivity contribution is 0.114. The average molecular weight is 413 g/mol. The topological polar surface area (TPSA) is 84.9 Å². The van der Waals surface area contributed by atoms with Crippen LogP contribution in [0.3, 0.4) is 0 Å². The van der Waals surface area contributed by atoms with Crippen molar-refractivity contribution in [3.63, 3.8) is 0 Å². The zero-order chi connectivity index (χ0) is 20.1. The SMILES string of the molecule is O=C(NCCO)N1CCC[C@@H](N(C(=O)NCc2ccc(Cl)cc2F)C2CC2)C1. The van der Waals surface area contributed by atoms with Crippen molar-refractivity contribution in [1.82, 2.24) is 20.4 Å². The lowest BCUT2D eigenvalue weighted by atomic mass is 10.0. The molecule has 9 heteroatoms. The number of likely N-dealkylation sites (tertiary alicyclic amines) is 1. The Morgan fingerprint density at radius 3 is 2.71 bits per heavy atom. The zero-order valence-electron chi connectivity index (χ0n) is 15.7. The summed E-state index contributed by atoms with van der Waals surface area (Å²) in [5.41, 5.74) is 0.377. The molecular formula is C19H26ClFN4O3. The van der Waals surface area contributed by atoms with Crippen LogP contribution in [0.2, 0.25) is 5.02 Å². The highest BCUT2D eigenvalue weighted by atomic mass is 35.5. The van der Waals surface area contributed by atoms with Gasteiger partial charge in [-0.05, 0) is 37.8 Å². The second kappa shape index (κ2) is 9.43. The number of piperidine rings is 1. The number of benzene rings is 1. The van der Waals surface area contributed by atoms with Gasteiger partial charge in [0.25, 0.3) is 0 Å². The number of hydrogen-bond donors (Lipinski definition) is 3. The molecule has 1 atom stereocenters. The van der Waals surface area contributed by atoms with Crippen molar-refractivity contribution in [3.05, 3.63) is 34.6 Å². The van der Waals surface area contributed by atoms with E-state index in [1.54, 1.807) is 17.0 Å². The molecule has 1 aliphatic heterocycles. The van der Waals surface area contributed by atoms with Gasteiger partial charge in [-0.3, -0.25) is 0 Å². The zero-order valence-corrected chi connectivity index (χ0v) is 16.4. The van der Waals surface area contributed by atoms with E-state index in [1.807, 2.05) is 4.90 Å². The Hall–Kier alpha value is -2.06. The molecule has 2 aliphatic rings. The van der Waals surface area contributed by atoms with Crippen LogP contribution in [0.5, 0.6) is 0 Å². The summed E-state index contributed by atoms with van der Waals surface area (Å²) in [7, 11) is 0. The van der Waals surface area contributed by atoms with Gasteiger partial charge in [-0.15, -0.1) is 0 Å². The normalized spacial score (nSPS) is 19.2. The molecule has 1 aliphatic carbocycles. The van der Waals surface area contributed by atoms with Gasteiger partial charge < -0.3 is 25.5 Å². The molecule has 0 unspecified atom stereocenters. The number of amides is 4. The highest BCUT2D eigenvalue weighted by Gasteiger charge is 2.39. The molecule has 4 amide bonds. The summed E-state index contributed by atoms with van der Waals surface area (Å²) in [6.45, 7) is 1.26. The summed E-state index contributed by atoms with van der Waals surface area (Å²) in [5.74, 6) is -0.449. The molecule has 1 aromatic carbocycles. The van der Waals surface area contributed by atoms with E-state index in [9.17, 15) is 14.0 Å². The van der Waals surface area contributed by atoms with E-state index in [4.69, 9.17) is 16.7 Å². The van der Waals surface area contributed by atoms with Gasteiger partial charge in [0.1, 0.15) is 5.82 Å². The summed E-state index contributed by atoms with van der Waals surface area (Å²) in [4.78, 5) is 28.5. The molecule has 28 heavy (non-hydrogen) atoms. The second-order valence-corrected chi connectivity index (χ2v) is 7.67. The van der Waals surface area contributed by atoms with Crippen LogP contribution in [-0.2, 0) is 6.54 Å².